The Balaban J connectivity index is 2.07. The average Bonchev–Trinajstić information content (AvgIpc) is 2.85. The summed E-state index contributed by atoms with van der Waals surface area (Å²) in [5, 5.41) is 9.29. The van der Waals surface area contributed by atoms with Crippen LogP contribution in [0, 0.1) is 17.8 Å². The van der Waals surface area contributed by atoms with E-state index in [-0.39, 0.29) is 18.4 Å². The van der Waals surface area contributed by atoms with Gasteiger partial charge in [-0.2, -0.15) is 0 Å². The lowest BCUT2D eigenvalue weighted by molar-refractivity contribution is -0.152. The van der Waals surface area contributed by atoms with Gasteiger partial charge in [0.05, 0.1) is 18.4 Å². The first-order chi connectivity index (χ1) is 9.43. The van der Waals surface area contributed by atoms with Crippen LogP contribution < -0.4 is 0 Å². The van der Waals surface area contributed by atoms with Crippen molar-refractivity contribution in [2.45, 2.75) is 26.2 Å². The lowest BCUT2D eigenvalue weighted by Crippen LogP contribution is -2.52. The Morgan fingerprint density at radius 3 is 2.45 bits per heavy atom. The largest absolute Gasteiger partial charge is 0.481 e. The van der Waals surface area contributed by atoms with Gasteiger partial charge in [0.25, 0.3) is 0 Å². The molecule has 1 saturated carbocycles. The van der Waals surface area contributed by atoms with Crippen LogP contribution in [0.5, 0.6) is 0 Å². The van der Waals surface area contributed by atoms with Crippen LogP contribution in [-0.4, -0.2) is 59.4 Å². The molecule has 2 fully saturated rings. The predicted octanol–water partition coefficient (Wildman–Crippen LogP) is 0.424. The number of hydrogen-bond donors (Lipinski definition) is 1. The molecule has 1 aliphatic heterocycles. The first kappa shape index (κ1) is 14.8. The Morgan fingerprint density at radius 2 is 1.90 bits per heavy atom. The third kappa shape index (κ3) is 2.78. The maximum Gasteiger partial charge on any atom is 0.307 e. The molecule has 3 unspecified atom stereocenters. The topological polar surface area (TPSA) is 77.9 Å². The molecule has 2 amide bonds. The molecule has 0 aromatic rings. The van der Waals surface area contributed by atoms with Gasteiger partial charge in [-0.15, -0.1) is 0 Å². The molecule has 1 aliphatic carbocycles. The van der Waals surface area contributed by atoms with Crippen LogP contribution >= 0.6 is 0 Å². The summed E-state index contributed by atoms with van der Waals surface area (Å²) < 4.78 is 0. The number of carbonyl (C=O) groups excluding carboxylic acids is 2. The molecule has 0 radical (unpaired) electrons. The van der Waals surface area contributed by atoms with E-state index in [4.69, 9.17) is 0 Å². The molecular weight excluding hydrogens is 260 g/mol. The van der Waals surface area contributed by atoms with Gasteiger partial charge in [-0.1, -0.05) is 13.3 Å². The number of nitrogens with zero attached hydrogens (tertiary/aromatic N) is 2. The van der Waals surface area contributed by atoms with Gasteiger partial charge in [-0.3, -0.25) is 14.4 Å². The summed E-state index contributed by atoms with van der Waals surface area (Å²) in [5.41, 5.74) is 0. The maximum atomic E-state index is 12.5. The Bertz CT molecular complexity index is 423. The summed E-state index contributed by atoms with van der Waals surface area (Å²) in [4.78, 5) is 38.7. The van der Waals surface area contributed by atoms with Crippen LogP contribution in [-0.2, 0) is 14.4 Å². The van der Waals surface area contributed by atoms with E-state index in [9.17, 15) is 19.5 Å². The number of carboxylic acid groups (broad SMARTS) is 1. The van der Waals surface area contributed by atoms with Crippen molar-refractivity contribution in [3.05, 3.63) is 0 Å². The molecule has 6 nitrogen and oxygen atoms in total. The normalized spacial score (nSPS) is 30.7. The van der Waals surface area contributed by atoms with Crippen LogP contribution in [0.1, 0.15) is 26.2 Å². The highest BCUT2D eigenvalue weighted by Crippen LogP contribution is 2.39. The van der Waals surface area contributed by atoms with Crippen LogP contribution in [0.25, 0.3) is 0 Å². The van der Waals surface area contributed by atoms with Gasteiger partial charge >= 0.3 is 5.97 Å². The van der Waals surface area contributed by atoms with E-state index in [2.05, 4.69) is 0 Å². The standard InChI is InChI=1S/C14H22N2O4/c1-3-9-6-10(11(7-9)14(19)20)13(18)16-5-4-15(2)12(17)8-16/h9-11H,3-8H2,1-2H3,(H,19,20). The molecule has 0 bridgehead atoms. The van der Waals surface area contributed by atoms with Gasteiger partial charge in [-0.25, -0.2) is 0 Å². The van der Waals surface area contributed by atoms with E-state index in [1.807, 2.05) is 6.92 Å². The van der Waals surface area contributed by atoms with E-state index in [0.717, 1.165) is 6.42 Å². The van der Waals surface area contributed by atoms with Crippen LogP contribution in [0.15, 0.2) is 0 Å². The Labute approximate surface area is 118 Å². The number of aliphatic carboxylic acids is 1. The highest BCUT2D eigenvalue weighted by atomic mass is 16.4. The van der Waals surface area contributed by atoms with E-state index >= 15 is 0 Å². The summed E-state index contributed by atoms with van der Waals surface area (Å²) in [7, 11) is 1.72. The highest BCUT2D eigenvalue weighted by molar-refractivity contribution is 5.89. The minimum absolute atomic E-state index is 0.0783. The minimum atomic E-state index is -0.889. The molecule has 3 atom stereocenters. The van der Waals surface area contributed by atoms with Crippen molar-refractivity contribution in [2.75, 3.05) is 26.7 Å². The summed E-state index contributed by atoms with van der Waals surface area (Å²) in [6.07, 6.45) is 2.10. The molecule has 2 rings (SSSR count). The summed E-state index contributed by atoms with van der Waals surface area (Å²) in [6.45, 7) is 3.12. The predicted molar refractivity (Wildman–Crippen MR) is 71.8 cm³/mol. The fourth-order valence-electron chi connectivity index (χ4n) is 3.20. The number of carboxylic acids is 1. The second-order valence-corrected chi connectivity index (χ2v) is 5.87. The minimum Gasteiger partial charge on any atom is -0.481 e. The number of carbonyl (C=O) groups is 3. The molecule has 0 aromatic heterocycles. The zero-order valence-electron chi connectivity index (χ0n) is 12.0. The number of rotatable bonds is 3. The molecule has 1 saturated heterocycles. The van der Waals surface area contributed by atoms with Crippen molar-refractivity contribution >= 4 is 17.8 Å². The molecule has 1 heterocycles. The van der Waals surface area contributed by atoms with Crippen LogP contribution in [0.3, 0.4) is 0 Å². The Morgan fingerprint density at radius 1 is 1.25 bits per heavy atom. The SMILES string of the molecule is CCC1CC(C(=O)O)C(C(=O)N2CCN(C)C(=O)C2)C1. The zero-order valence-corrected chi connectivity index (χ0v) is 12.0. The van der Waals surface area contributed by atoms with E-state index in [1.54, 1.807) is 11.9 Å². The van der Waals surface area contributed by atoms with Gasteiger partial charge in [0.2, 0.25) is 11.8 Å². The molecule has 0 spiro atoms. The first-order valence-corrected chi connectivity index (χ1v) is 7.19. The van der Waals surface area contributed by atoms with Crippen molar-refractivity contribution in [1.29, 1.82) is 0 Å². The van der Waals surface area contributed by atoms with Crippen LogP contribution in [0.2, 0.25) is 0 Å². The second-order valence-electron chi connectivity index (χ2n) is 5.87. The van der Waals surface area contributed by atoms with E-state index in [0.29, 0.717) is 31.8 Å². The molecule has 2 aliphatic rings. The molecule has 6 heteroatoms. The Kier molecular flexibility index (Phi) is 4.30. The number of piperazine rings is 1. The summed E-state index contributed by atoms with van der Waals surface area (Å²) >= 11 is 0. The van der Waals surface area contributed by atoms with Crippen molar-refractivity contribution in [3.63, 3.8) is 0 Å². The molecule has 20 heavy (non-hydrogen) atoms. The molecule has 0 aromatic carbocycles. The fraction of sp³-hybridized carbons (Fsp3) is 0.786. The van der Waals surface area contributed by atoms with Gasteiger partial charge in [0.1, 0.15) is 0 Å². The molecular formula is C14H22N2O4. The van der Waals surface area contributed by atoms with E-state index in [1.165, 1.54) is 4.90 Å². The van der Waals surface area contributed by atoms with Crippen molar-refractivity contribution < 1.29 is 19.5 Å². The first-order valence-electron chi connectivity index (χ1n) is 7.19. The smallest absolute Gasteiger partial charge is 0.307 e. The second kappa shape index (κ2) is 5.81. The van der Waals surface area contributed by atoms with Crippen molar-refractivity contribution in [2.24, 2.45) is 17.8 Å². The average molecular weight is 282 g/mol. The van der Waals surface area contributed by atoms with Crippen molar-refractivity contribution in [1.82, 2.24) is 9.80 Å². The lowest BCUT2D eigenvalue weighted by atomic mass is 9.94. The lowest BCUT2D eigenvalue weighted by Gasteiger charge is -2.34. The third-order valence-electron chi connectivity index (χ3n) is 4.64. The number of likely N-dealkylation sites (N-methyl/N-ethyl adjacent to an activating group) is 1. The van der Waals surface area contributed by atoms with Gasteiger partial charge in [0, 0.05) is 20.1 Å². The number of amides is 2. The number of hydrogen-bond acceptors (Lipinski definition) is 3. The molecule has 1 N–H and O–H groups in total. The van der Waals surface area contributed by atoms with Crippen LogP contribution in [0.4, 0.5) is 0 Å². The summed E-state index contributed by atoms with van der Waals surface area (Å²) in [6, 6.07) is 0. The van der Waals surface area contributed by atoms with Crippen molar-refractivity contribution in [3.8, 4) is 0 Å². The quantitative estimate of drug-likeness (QED) is 0.814. The fourth-order valence-corrected chi connectivity index (χ4v) is 3.20. The highest BCUT2D eigenvalue weighted by Gasteiger charge is 2.44. The van der Waals surface area contributed by atoms with E-state index < -0.39 is 17.8 Å². The van der Waals surface area contributed by atoms with Gasteiger partial charge < -0.3 is 14.9 Å². The summed E-state index contributed by atoms with van der Waals surface area (Å²) in [5.74, 6) is -1.89. The molecule has 112 valence electrons. The maximum absolute atomic E-state index is 12.5. The third-order valence-corrected chi connectivity index (χ3v) is 4.64. The van der Waals surface area contributed by atoms with Gasteiger partial charge in [0.15, 0.2) is 0 Å². The van der Waals surface area contributed by atoms with Gasteiger partial charge in [-0.05, 0) is 18.8 Å². The Hall–Kier alpha value is -1.59. The zero-order chi connectivity index (χ0) is 14.9. The monoisotopic (exact) mass is 282 g/mol.